The Kier molecular flexibility index (Phi) is 7.23. The third-order valence-electron chi connectivity index (χ3n) is 4.17. The highest BCUT2D eigenvalue weighted by Crippen LogP contribution is 2.42. The summed E-state index contributed by atoms with van der Waals surface area (Å²) in [6, 6.07) is 12.9. The minimum absolute atomic E-state index is 0.232. The Labute approximate surface area is 184 Å². The van der Waals surface area contributed by atoms with Crippen LogP contribution in [0.3, 0.4) is 0 Å². The molecule has 2 amide bonds. The molecule has 2 aromatic carbocycles. The number of ether oxygens (including phenoxy) is 2. The number of hydrazone groups is 1. The van der Waals surface area contributed by atoms with Crippen LogP contribution in [-0.2, 0) is 9.59 Å². The zero-order valence-corrected chi connectivity index (χ0v) is 18.4. The molecule has 30 heavy (non-hydrogen) atoms. The van der Waals surface area contributed by atoms with Crippen LogP contribution in [0.15, 0.2) is 47.6 Å². The monoisotopic (exact) mass is 447 g/mol. The lowest BCUT2D eigenvalue weighted by atomic mass is 10.2. The van der Waals surface area contributed by atoms with E-state index in [1.165, 1.54) is 30.6 Å². The SMILES string of the molecule is CC(=O)NC1=NN(C(C)=O)[C@H](c2ccccc2OCCOc2ccc(Cl)c(C)c2)S1. The van der Waals surface area contributed by atoms with E-state index >= 15 is 0 Å². The normalized spacial score (nSPS) is 15.5. The van der Waals surface area contributed by atoms with Crippen LogP contribution >= 0.6 is 23.4 Å². The fraction of sp³-hybridized carbons (Fsp3) is 0.286. The largest absolute Gasteiger partial charge is 0.490 e. The third kappa shape index (κ3) is 5.46. The summed E-state index contributed by atoms with van der Waals surface area (Å²) >= 11 is 7.31. The molecule has 1 aliphatic heterocycles. The van der Waals surface area contributed by atoms with E-state index < -0.39 is 5.37 Å². The van der Waals surface area contributed by atoms with E-state index in [0.29, 0.717) is 29.2 Å². The Balaban J connectivity index is 1.66. The molecule has 0 saturated heterocycles. The Morgan fingerprint density at radius 2 is 1.90 bits per heavy atom. The highest BCUT2D eigenvalue weighted by molar-refractivity contribution is 8.14. The first-order valence-electron chi connectivity index (χ1n) is 9.28. The van der Waals surface area contributed by atoms with E-state index in [1.54, 1.807) is 6.07 Å². The molecule has 1 aliphatic rings. The molecule has 1 atom stereocenters. The van der Waals surface area contributed by atoms with Gasteiger partial charge in [-0.2, -0.15) is 0 Å². The number of halogens is 1. The summed E-state index contributed by atoms with van der Waals surface area (Å²) in [7, 11) is 0. The number of hydrogen-bond acceptors (Lipinski definition) is 6. The third-order valence-corrected chi connectivity index (χ3v) is 5.68. The van der Waals surface area contributed by atoms with Gasteiger partial charge in [0.2, 0.25) is 11.8 Å². The second kappa shape index (κ2) is 9.86. The van der Waals surface area contributed by atoms with Crippen molar-refractivity contribution in [1.29, 1.82) is 0 Å². The van der Waals surface area contributed by atoms with Gasteiger partial charge >= 0.3 is 0 Å². The number of thioether (sulfide) groups is 1. The zero-order valence-electron chi connectivity index (χ0n) is 16.8. The maximum atomic E-state index is 12.1. The number of carbonyl (C=O) groups excluding carboxylic acids is 2. The minimum atomic E-state index is -0.430. The van der Waals surface area contributed by atoms with Crippen molar-refractivity contribution < 1.29 is 19.1 Å². The molecule has 0 bridgehead atoms. The van der Waals surface area contributed by atoms with E-state index in [9.17, 15) is 9.59 Å². The van der Waals surface area contributed by atoms with Gasteiger partial charge < -0.3 is 14.8 Å². The molecule has 0 saturated carbocycles. The topological polar surface area (TPSA) is 80.2 Å². The van der Waals surface area contributed by atoms with Crippen molar-refractivity contribution in [2.45, 2.75) is 26.1 Å². The van der Waals surface area contributed by atoms with Crippen LogP contribution in [0.5, 0.6) is 11.5 Å². The number of para-hydroxylation sites is 1. The lowest BCUT2D eigenvalue weighted by molar-refractivity contribution is -0.129. The van der Waals surface area contributed by atoms with Gasteiger partial charge in [0.1, 0.15) is 30.1 Å². The number of carbonyl (C=O) groups is 2. The number of aryl methyl sites for hydroxylation is 1. The van der Waals surface area contributed by atoms with Gasteiger partial charge in [0.15, 0.2) is 5.17 Å². The van der Waals surface area contributed by atoms with Crippen LogP contribution in [0, 0.1) is 6.92 Å². The molecular weight excluding hydrogens is 426 g/mol. The summed E-state index contributed by atoms with van der Waals surface area (Å²) in [6.07, 6.45) is 0. The second-order valence-electron chi connectivity index (χ2n) is 6.57. The summed E-state index contributed by atoms with van der Waals surface area (Å²) in [4.78, 5) is 23.4. The number of nitrogens with one attached hydrogen (secondary N) is 1. The summed E-state index contributed by atoms with van der Waals surface area (Å²) in [5.74, 6) is 0.862. The van der Waals surface area contributed by atoms with Crippen molar-refractivity contribution in [3.8, 4) is 11.5 Å². The lowest BCUT2D eigenvalue weighted by Crippen LogP contribution is -2.25. The first-order valence-corrected chi connectivity index (χ1v) is 10.5. The number of nitrogens with zero attached hydrogens (tertiary/aromatic N) is 2. The Morgan fingerprint density at radius 1 is 1.17 bits per heavy atom. The summed E-state index contributed by atoms with van der Waals surface area (Å²) < 4.78 is 11.7. The quantitative estimate of drug-likeness (QED) is 0.674. The van der Waals surface area contributed by atoms with Crippen LogP contribution in [0.1, 0.15) is 30.3 Å². The van der Waals surface area contributed by atoms with Gasteiger partial charge in [-0.15, -0.1) is 5.10 Å². The van der Waals surface area contributed by atoms with E-state index in [0.717, 1.165) is 16.9 Å². The van der Waals surface area contributed by atoms with Crippen LogP contribution in [0.4, 0.5) is 0 Å². The Hall–Kier alpha value is -2.71. The van der Waals surface area contributed by atoms with Crippen LogP contribution in [-0.4, -0.2) is 35.2 Å². The molecule has 1 heterocycles. The molecule has 0 radical (unpaired) electrons. The first kappa shape index (κ1) is 22.0. The van der Waals surface area contributed by atoms with Crippen LogP contribution in [0.25, 0.3) is 0 Å². The maximum absolute atomic E-state index is 12.1. The van der Waals surface area contributed by atoms with Crippen molar-refractivity contribution in [2.75, 3.05) is 13.2 Å². The highest BCUT2D eigenvalue weighted by atomic mass is 35.5. The summed E-state index contributed by atoms with van der Waals surface area (Å²) in [5, 5.41) is 8.83. The molecule has 0 aromatic heterocycles. The van der Waals surface area contributed by atoms with Crippen LogP contribution in [0.2, 0.25) is 5.02 Å². The second-order valence-corrected chi connectivity index (χ2v) is 8.04. The van der Waals surface area contributed by atoms with E-state index in [4.69, 9.17) is 21.1 Å². The highest BCUT2D eigenvalue weighted by Gasteiger charge is 2.34. The van der Waals surface area contributed by atoms with E-state index in [-0.39, 0.29) is 11.8 Å². The molecular formula is C21H22ClN3O4S. The van der Waals surface area contributed by atoms with Gasteiger partial charge in [0, 0.05) is 24.4 Å². The van der Waals surface area contributed by atoms with Gasteiger partial charge in [0.25, 0.3) is 0 Å². The van der Waals surface area contributed by atoms with Gasteiger partial charge in [-0.3, -0.25) is 9.59 Å². The number of amidine groups is 1. The molecule has 7 nitrogen and oxygen atoms in total. The maximum Gasteiger partial charge on any atom is 0.241 e. The Morgan fingerprint density at radius 3 is 2.60 bits per heavy atom. The predicted octanol–water partition coefficient (Wildman–Crippen LogP) is 4.11. The minimum Gasteiger partial charge on any atom is -0.490 e. The predicted molar refractivity (Wildman–Crippen MR) is 118 cm³/mol. The van der Waals surface area contributed by atoms with Crippen LogP contribution < -0.4 is 14.8 Å². The molecule has 1 N–H and O–H groups in total. The van der Waals surface area contributed by atoms with Crippen molar-refractivity contribution in [1.82, 2.24) is 10.3 Å². The van der Waals surface area contributed by atoms with Crippen molar-refractivity contribution >= 4 is 40.3 Å². The molecule has 0 fully saturated rings. The standard InChI is InChI=1S/C21H22ClN3O4S/c1-13-12-16(8-9-18(13)22)28-10-11-29-19-7-5-4-6-17(19)20-25(15(3)27)24-21(30-20)23-14(2)26/h4-9,12,20H,10-11H2,1-3H3,(H,23,24,26)/t20-/m0/s1. The Bertz CT molecular complexity index is 982. The van der Waals surface area contributed by atoms with E-state index in [2.05, 4.69) is 10.4 Å². The van der Waals surface area contributed by atoms with Gasteiger partial charge in [-0.05, 0) is 36.8 Å². The molecule has 2 aromatic rings. The van der Waals surface area contributed by atoms with Gasteiger partial charge in [-0.1, -0.05) is 41.6 Å². The molecule has 0 spiro atoms. The fourth-order valence-corrected chi connectivity index (χ4v) is 4.08. The fourth-order valence-electron chi connectivity index (χ4n) is 2.80. The first-order chi connectivity index (χ1) is 14.3. The van der Waals surface area contributed by atoms with E-state index in [1.807, 2.05) is 43.3 Å². The van der Waals surface area contributed by atoms with Crippen molar-refractivity contribution in [2.24, 2.45) is 5.10 Å². The van der Waals surface area contributed by atoms with Gasteiger partial charge in [0.05, 0.1) is 0 Å². The molecule has 0 unspecified atom stereocenters. The molecule has 3 rings (SSSR count). The average molecular weight is 448 g/mol. The summed E-state index contributed by atoms with van der Waals surface area (Å²) in [6.45, 7) is 5.40. The average Bonchev–Trinajstić information content (AvgIpc) is 3.11. The zero-order chi connectivity index (χ0) is 21.7. The smallest absolute Gasteiger partial charge is 0.241 e. The lowest BCUT2D eigenvalue weighted by Gasteiger charge is -2.21. The van der Waals surface area contributed by atoms with Gasteiger partial charge in [-0.25, -0.2) is 5.01 Å². The number of hydrogen-bond donors (Lipinski definition) is 1. The number of benzene rings is 2. The summed E-state index contributed by atoms with van der Waals surface area (Å²) in [5.41, 5.74) is 1.72. The molecule has 158 valence electrons. The van der Waals surface area contributed by atoms with Crippen molar-refractivity contribution in [3.05, 3.63) is 58.6 Å². The molecule has 0 aliphatic carbocycles. The molecule has 9 heteroatoms. The van der Waals surface area contributed by atoms with Crippen molar-refractivity contribution in [3.63, 3.8) is 0 Å². The number of amides is 2. The number of rotatable bonds is 6.